The Balaban J connectivity index is 2.03. The Bertz CT molecular complexity index is 486. The fourth-order valence-corrected chi connectivity index (χ4v) is 4.09. The number of hydrogen-bond donors (Lipinski definition) is 1. The molecule has 2 bridgehead atoms. The van der Waals surface area contributed by atoms with Crippen molar-refractivity contribution in [3.63, 3.8) is 0 Å². The summed E-state index contributed by atoms with van der Waals surface area (Å²) in [5.41, 5.74) is 2.44. The molecule has 0 aromatic carbocycles. The van der Waals surface area contributed by atoms with E-state index in [9.17, 15) is 5.11 Å². The maximum atomic E-state index is 10.6. The largest absolute Gasteiger partial charge is 0.359 e. The fraction of sp³-hybridized carbons (Fsp3) is 0.667. The lowest BCUT2D eigenvalue weighted by atomic mass is 9.66. The van der Waals surface area contributed by atoms with Crippen molar-refractivity contribution in [1.29, 1.82) is 0 Å². The lowest BCUT2D eigenvalue weighted by molar-refractivity contribution is -0.151. The molecule has 2 aliphatic heterocycles. The first kappa shape index (κ1) is 14.1. The van der Waals surface area contributed by atoms with E-state index < -0.39 is 5.79 Å². The minimum atomic E-state index is -1.16. The zero-order chi connectivity index (χ0) is 14.5. The minimum absolute atomic E-state index is 0.0467. The predicted molar refractivity (Wildman–Crippen MR) is 81.0 cm³/mol. The molecule has 3 rings (SSSR count). The summed E-state index contributed by atoms with van der Waals surface area (Å²) >= 11 is 0. The summed E-state index contributed by atoms with van der Waals surface area (Å²) < 4.78 is 5.84. The highest BCUT2D eigenvalue weighted by Gasteiger charge is 2.43. The molecule has 20 heavy (non-hydrogen) atoms. The van der Waals surface area contributed by atoms with Gasteiger partial charge in [0.25, 0.3) is 0 Å². The molecular weight excluding hydrogens is 248 g/mol. The van der Waals surface area contributed by atoms with E-state index in [4.69, 9.17) is 4.74 Å². The summed E-state index contributed by atoms with van der Waals surface area (Å²) in [6, 6.07) is 0. The van der Waals surface area contributed by atoms with Gasteiger partial charge in [-0.3, -0.25) is 0 Å². The van der Waals surface area contributed by atoms with Crippen LogP contribution in [-0.4, -0.2) is 17.0 Å². The predicted octanol–water partition coefficient (Wildman–Crippen LogP) is 3.83. The normalized spacial score (nSPS) is 46.3. The average Bonchev–Trinajstić information content (AvgIpc) is 2.76. The van der Waals surface area contributed by atoms with Crippen LogP contribution in [-0.2, 0) is 4.74 Å². The van der Waals surface area contributed by atoms with Crippen LogP contribution in [0.4, 0.5) is 0 Å². The summed E-state index contributed by atoms with van der Waals surface area (Å²) in [4.78, 5) is 0. The zero-order valence-electron chi connectivity index (χ0n) is 13.0. The Morgan fingerprint density at radius 3 is 2.80 bits per heavy atom. The van der Waals surface area contributed by atoms with Crippen LogP contribution in [0.5, 0.6) is 0 Å². The maximum absolute atomic E-state index is 10.6. The first-order valence-corrected chi connectivity index (χ1v) is 7.86. The molecule has 2 heterocycles. The van der Waals surface area contributed by atoms with Crippen LogP contribution < -0.4 is 0 Å². The molecule has 0 fully saturated rings. The van der Waals surface area contributed by atoms with Crippen molar-refractivity contribution in [1.82, 2.24) is 0 Å². The molecule has 1 N–H and O–H groups in total. The van der Waals surface area contributed by atoms with Gasteiger partial charge in [0.15, 0.2) is 0 Å². The lowest BCUT2D eigenvalue weighted by Crippen LogP contribution is -2.38. The topological polar surface area (TPSA) is 29.5 Å². The lowest BCUT2D eigenvalue weighted by Gasteiger charge is -2.42. The molecule has 0 spiro atoms. The molecule has 110 valence electrons. The summed E-state index contributed by atoms with van der Waals surface area (Å²) in [6.07, 6.45) is 10.8. The third-order valence-corrected chi connectivity index (χ3v) is 5.47. The second-order valence-electron chi connectivity index (χ2n) is 7.07. The van der Waals surface area contributed by atoms with Crippen molar-refractivity contribution in [2.24, 2.45) is 23.7 Å². The van der Waals surface area contributed by atoms with E-state index >= 15 is 0 Å². The van der Waals surface area contributed by atoms with Gasteiger partial charge < -0.3 is 9.84 Å². The van der Waals surface area contributed by atoms with Crippen LogP contribution in [0, 0.1) is 23.7 Å². The van der Waals surface area contributed by atoms with Gasteiger partial charge in [0.05, 0.1) is 6.10 Å². The molecule has 2 nitrogen and oxygen atoms in total. The molecular formula is C18H26O2. The molecule has 0 aromatic rings. The van der Waals surface area contributed by atoms with Gasteiger partial charge in [-0.05, 0) is 62.0 Å². The van der Waals surface area contributed by atoms with Crippen LogP contribution in [0.2, 0.25) is 0 Å². The molecule has 3 aliphatic rings. The van der Waals surface area contributed by atoms with Crippen LogP contribution >= 0.6 is 0 Å². The molecule has 3 unspecified atom stereocenters. The van der Waals surface area contributed by atoms with E-state index in [1.54, 1.807) is 0 Å². The highest BCUT2D eigenvalue weighted by atomic mass is 16.6. The van der Waals surface area contributed by atoms with E-state index in [0.717, 1.165) is 18.4 Å². The Labute approximate surface area is 122 Å². The highest BCUT2D eigenvalue weighted by Crippen LogP contribution is 2.46. The van der Waals surface area contributed by atoms with Crippen molar-refractivity contribution in [3.8, 4) is 0 Å². The number of hydrogen-bond acceptors (Lipinski definition) is 2. The monoisotopic (exact) mass is 274 g/mol. The summed E-state index contributed by atoms with van der Waals surface area (Å²) in [7, 11) is 0. The number of ether oxygens (including phenoxy) is 1. The van der Waals surface area contributed by atoms with Crippen molar-refractivity contribution in [2.75, 3.05) is 0 Å². The first-order chi connectivity index (χ1) is 9.40. The molecule has 0 saturated heterocycles. The number of fused-ring (bicyclic) bond motifs is 3. The Morgan fingerprint density at radius 2 is 2.10 bits per heavy atom. The van der Waals surface area contributed by atoms with Gasteiger partial charge in [-0.15, -0.1) is 0 Å². The Kier molecular flexibility index (Phi) is 3.42. The van der Waals surface area contributed by atoms with Crippen molar-refractivity contribution in [2.45, 2.75) is 52.4 Å². The summed E-state index contributed by atoms with van der Waals surface area (Å²) in [6.45, 7) is 8.89. The Morgan fingerprint density at radius 1 is 1.35 bits per heavy atom. The molecule has 1 aliphatic carbocycles. The molecule has 0 amide bonds. The zero-order valence-corrected chi connectivity index (χ0v) is 13.0. The van der Waals surface area contributed by atoms with Crippen LogP contribution in [0.1, 0.15) is 40.5 Å². The van der Waals surface area contributed by atoms with Crippen LogP contribution in [0.15, 0.2) is 35.5 Å². The summed E-state index contributed by atoms with van der Waals surface area (Å²) in [5, 5.41) is 10.6. The standard InChI is InChI=1S/C18H26O2/c1-11(2)15-6-5-12(3)16-10-14-7-8-18(19,20-14)13(4)9-17(15)16/h5,7-9,11,14-17,19H,6,10H2,1-4H3/b13-9-/t14?,15?,16-,17+,18?/m0/s1. The van der Waals surface area contributed by atoms with Crippen LogP contribution in [0.25, 0.3) is 0 Å². The van der Waals surface area contributed by atoms with E-state index in [2.05, 4.69) is 32.9 Å². The minimum Gasteiger partial charge on any atom is -0.359 e. The van der Waals surface area contributed by atoms with Gasteiger partial charge in [0.2, 0.25) is 5.79 Å². The third-order valence-electron chi connectivity index (χ3n) is 5.47. The van der Waals surface area contributed by atoms with E-state index in [-0.39, 0.29) is 6.10 Å². The first-order valence-electron chi connectivity index (χ1n) is 7.86. The molecule has 5 atom stereocenters. The third kappa shape index (κ3) is 2.19. The van der Waals surface area contributed by atoms with E-state index in [1.807, 2.05) is 19.1 Å². The van der Waals surface area contributed by atoms with Gasteiger partial charge >= 0.3 is 0 Å². The van der Waals surface area contributed by atoms with Crippen LogP contribution in [0.3, 0.4) is 0 Å². The van der Waals surface area contributed by atoms with Gasteiger partial charge in [0.1, 0.15) is 0 Å². The van der Waals surface area contributed by atoms with Gasteiger partial charge in [-0.1, -0.05) is 37.6 Å². The number of allylic oxidation sites excluding steroid dienone is 3. The second-order valence-corrected chi connectivity index (χ2v) is 7.07. The van der Waals surface area contributed by atoms with Gasteiger partial charge in [-0.25, -0.2) is 0 Å². The molecule has 0 radical (unpaired) electrons. The van der Waals surface area contributed by atoms with Crippen molar-refractivity contribution >= 4 is 0 Å². The number of aliphatic hydroxyl groups is 1. The van der Waals surface area contributed by atoms with E-state index in [0.29, 0.717) is 23.7 Å². The second kappa shape index (κ2) is 4.85. The van der Waals surface area contributed by atoms with Gasteiger partial charge in [0, 0.05) is 0 Å². The smallest absolute Gasteiger partial charge is 0.208 e. The van der Waals surface area contributed by atoms with Crippen molar-refractivity contribution in [3.05, 3.63) is 35.5 Å². The molecule has 2 heteroatoms. The highest BCUT2D eigenvalue weighted by molar-refractivity contribution is 5.29. The average molecular weight is 274 g/mol. The van der Waals surface area contributed by atoms with E-state index in [1.165, 1.54) is 5.57 Å². The maximum Gasteiger partial charge on any atom is 0.208 e. The number of rotatable bonds is 1. The van der Waals surface area contributed by atoms with Gasteiger partial charge in [-0.2, -0.15) is 0 Å². The quantitative estimate of drug-likeness (QED) is 0.736. The SMILES string of the molecule is CC1=CCC(C(C)C)[C@H]2/C=C(/C)C3(O)C=CC(C[C@@H]12)O3. The van der Waals surface area contributed by atoms with Crippen molar-refractivity contribution < 1.29 is 9.84 Å². The molecule has 0 saturated carbocycles. The Hall–Kier alpha value is -0.860. The summed E-state index contributed by atoms with van der Waals surface area (Å²) in [5.74, 6) is 1.24. The fourth-order valence-electron chi connectivity index (χ4n) is 4.09. The molecule has 0 aromatic heterocycles.